The Labute approximate surface area is 94.0 Å². The Balaban J connectivity index is 2.05. The number of benzene rings is 1. The molecular formula is C11H13ClN2O. The van der Waals surface area contributed by atoms with Gasteiger partial charge in [0, 0.05) is 24.7 Å². The van der Waals surface area contributed by atoms with Gasteiger partial charge in [-0.05, 0) is 17.7 Å². The summed E-state index contributed by atoms with van der Waals surface area (Å²) in [7, 11) is 0. The van der Waals surface area contributed by atoms with Crippen LogP contribution in [0, 0.1) is 0 Å². The molecule has 0 radical (unpaired) electrons. The molecule has 2 rings (SSSR count). The number of hydrogen-bond donors (Lipinski definition) is 1. The molecular weight excluding hydrogens is 212 g/mol. The van der Waals surface area contributed by atoms with Crippen molar-refractivity contribution in [3.63, 3.8) is 0 Å². The maximum absolute atomic E-state index is 10.7. The summed E-state index contributed by atoms with van der Waals surface area (Å²) in [5.41, 5.74) is 1.14. The van der Waals surface area contributed by atoms with Crippen LogP contribution < -0.4 is 5.32 Å². The standard InChI is InChI=1S/C11H13ClN2O/c12-10-3-1-2-9(6-10)7-14-5-4-13-11(14)8-15/h1-3,6,8,11,13H,4-5,7H2. The summed E-state index contributed by atoms with van der Waals surface area (Å²) >= 11 is 5.90. The Morgan fingerprint density at radius 3 is 3.20 bits per heavy atom. The fraction of sp³-hybridized carbons (Fsp3) is 0.364. The molecule has 1 aliphatic rings. The lowest BCUT2D eigenvalue weighted by molar-refractivity contribution is -0.112. The summed E-state index contributed by atoms with van der Waals surface area (Å²) < 4.78 is 0. The minimum Gasteiger partial charge on any atom is -0.300 e. The van der Waals surface area contributed by atoms with E-state index in [-0.39, 0.29) is 6.17 Å². The number of nitrogens with one attached hydrogen (secondary N) is 1. The molecule has 1 N–H and O–H groups in total. The van der Waals surface area contributed by atoms with Gasteiger partial charge >= 0.3 is 0 Å². The normalized spacial score (nSPS) is 21.8. The van der Waals surface area contributed by atoms with Crippen LogP contribution in [0.25, 0.3) is 0 Å². The van der Waals surface area contributed by atoms with E-state index in [1.54, 1.807) is 0 Å². The van der Waals surface area contributed by atoms with Crippen LogP contribution in [-0.4, -0.2) is 30.4 Å². The first-order valence-electron chi connectivity index (χ1n) is 4.97. The predicted octanol–water partition coefficient (Wildman–Crippen LogP) is 1.27. The zero-order chi connectivity index (χ0) is 10.7. The summed E-state index contributed by atoms with van der Waals surface area (Å²) in [5, 5.41) is 3.85. The Hall–Kier alpha value is -0.900. The summed E-state index contributed by atoms with van der Waals surface area (Å²) in [6, 6.07) is 7.73. The van der Waals surface area contributed by atoms with Gasteiger partial charge in [0.25, 0.3) is 0 Å². The van der Waals surface area contributed by atoms with Gasteiger partial charge in [0.15, 0.2) is 6.29 Å². The lowest BCUT2D eigenvalue weighted by Gasteiger charge is -2.19. The molecule has 80 valence electrons. The smallest absolute Gasteiger partial charge is 0.151 e. The van der Waals surface area contributed by atoms with Crippen LogP contribution in [0.3, 0.4) is 0 Å². The molecule has 0 saturated carbocycles. The first-order valence-corrected chi connectivity index (χ1v) is 5.34. The van der Waals surface area contributed by atoms with Gasteiger partial charge in [-0.15, -0.1) is 0 Å². The highest BCUT2D eigenvalue weighted by Crippen LogP contribution is 2.14. The number of rotatable bonds is 3. The summed E-state index contributed by atoms with van der Waals surface area (Å²) in [4.78, 5) is 12.8. The van der Waals surface area contributed by atoms with Gasteiger partial charge in [0.1, 0.15) is 6.17 Å². The lowest BCUT2D eigenvalue weighted by atomic mass is 10.2. The summed E-state index contributed by atoms with van der Waals surface area (Å²) in [6.45, 7) is 2.52. The van der Waals surface area contributed by atoms with E-state index >= 15 is 0 Å². The molecule has 1 saturated heterocycles. The van der Waals surface area contributed by atoms with E-state index in [4.69, 9.17) is 11.6 Å². The average molecular weight is 225 g/mol. The molecule has 1 unspecified atom stereocenters. The molecule has 0 aliphatic carbocycles. The molecule has 0 amide bonds. The van der Waals surface area contributed by atoms with Crippen molar-refractivity contribution in [1.82, 2.24) is 10.2 Å². The Bertz CT molecular complexity index is 356. The zero-order valence-electron chi connectivity index (χ0n) is 8.32. The highest BCUT2D eigenvalue weighted by atomic mass is 35.5. The average Bonchev–Trinajstić information content (AvgIpc) is 2.65. The monoisotopic (exact) mass is 224 g/mol. The minimum atomic E-state index is -0.149. The third kappa shape index (κ3) is 2.56. The number of hydrogen-bond acceptors (Lipinski definition) is 3. The Kier molecular flexibility index (Phi) is 3.36. The largest absolute Gasteiger partial charge is 0.300 e. The van der Waals surface area contributed by atoms with E-state index in [1.165, 1.54) is 0 Å². The minimum absolute atomic E-state index is 0.149. The topological polar surface area (TPSA) is 32.3 Å². The van der Waals surface area contributed by atoms with Crippen molar-refractivity contribution in [1.29, 1.82) is 0 Å². The van der Waals surface area contributed by atoms with E-state index in [0.29, 0.717) is 0 Å². The van der Waals surface area contributed by atoms with Crippen molar-refractivity contribution in [2.45, 2.75) is 12.7 Å². The molecule has 1 aliphatic heterocycles. The van der Waals surface area contributed by atoms with E-state index in [2.05, 4.69) is 10.2 Å². The van der Waals surface area contributed by atoms with Crippen LogP contribution in [0.1, 0.15) is 5.56 Å². The fourth-order valence-electron chi connectivity index (χ4n) is 1.81. The van der Waals surface area contributed by atoms with Gasteiger partial charge in [0.2, 0.25) is 0 Å². The molecule has 1 fully saturated rings. The van der Waals surface area contributed by atoms with Gasteiger partial charge in [-0.2, -0.15) is 0 Å². The van der Waals surface area contributed by atoms with E-state index < -0.39 is 0 Å². The molecule has 1 atom stereocenters. The molecule has 4 heteroatoms. The third-order valence-corrected chi connectivity index (χ3v) is 2.78. The van der Waals surface area contributed by atoms with Gasteiger partial charge in [0.05, 0.1) is 0 Å². The zero-order valence-corrected chi connectivity index (χ0v) is 9.07. The third-order valence-electron chi connectivity index (χ3n) is 2.55. The number of halogens is 1. The Morgan fingerprint density at radius 2 is 2.47 bits per heavy atom. The number of aldehydes is 1. The van der Waals surface area contributed by atoms with Crippen molar-refractivity contribution in [2.75, 3.05) is 13.1 Å². The quantitative estimate of drug-likeness (QED) is 0.785. The Morgan fingerprint density at radius 1 is 1.60 bits per heavy atom. The molecule has 15 heavy (non-hydrogen) atoms. The molecule has 0 aromatic heterocycles. The maximum Gasteiger partial charge on any atom is 0.151 e. The van der Waals surface area contributed by atoms with E-state index in [1.807, 2.05) is 24.3 Å². The first-order chi connectivity index (χ1) is 7.29. The number of nitrogens with zero attached hydrogens (tertiary/aromatic N) is 1. The van der Waals surface area contributed by atoms with Crippen LogP contribution >= 0.6 is 11.6 Å². The van der Waals surface area contributed by atoms with E-state index in [9.17, 15) is 4.79 Å². The fourth-order valence-corrected chi connectivity index (χ4v) is 2.02. The van der Waals surface area contributed by atoms with E-state index in [0.717, 1.165) is 36.5 Å². The van der Waals surface area contributed by atoms with Gasteiger partial charge < -0.3 is 4.79 Å². The molecule has 3 nitrogen and oxygen atoms in total. The number of carbonyl (C=O) groups excluding carboxylic acids is 1. The van der Waals surface area contributed by atoms with Crippen LogP contribution in [0.5, 0.6) is 0 Å². The maximum atomic E-state index is 10.7. The highest BCUT2D eigenvalue weighted by molar-refractivity contribution is 6.30. The van der Waals surface area contributed by atoms with Gasteiger partial charge in [-0.3, -0.25) is 10.2 Å². The van der Waals surface area contributed by atoms with Crippen molar-refractivity contribution >= 4 is 17.9 Å². The molecule has 1 aromatic rings. The SMILES string of the molecule is O=CC1NCCN1Cc1cccc(Cl)c1. The van der Waals surface area contributed by atoms with Crippen LogP contribution in [0.4, 0.5) is 0 Å². The lowest BCUT2D eigenvalue weighted by Crippen LogP contribution is -2.36. The predicted molar refractivity (Wildman–Crippen MR) is 59.7 cm³/mol. The van der Waals surface area contributed by atoms with Crippen LogP contribution in [0.15, 0.2) is 24.3 Å². The molecule has 0 bridgehead atoms. The van der Waals surface area contributed by atoms with Gasteiger partial charge in [-0.1, -0.05) is 23.7 Å². The van der Waals surface area contributed by atoms with Crippen molar-refractivity contribution in [3.8, 4) is 0 Å². The molecule has 1 heterocycles. The highest BCUT2D eigenvalue weighted by Gasteiger charge is 2.22. The number of carbonyl (C=O) groups is 1. The summed E-state index contributed by atoms with van der Waals surface area (Å²) in [6.07, 6.45) is 0.793. The second kappa shape index (κ2) is 4.75. The molecule has 1 aromatic carbocycles. The van der Waals surface area contributed by atoms with Crippen LogP contribution in [-0.2, 0) is 11.3 Å². The van der Waals surface area contributed by atoms with Crippen molar-refractivity contribution in [2.24, 2.45) is 0 Å². The first kappa shape index (κ1) is 10.6. The van der Waals surface area contributed by atoms with Crippen molar-refractivity contribution in [3.05, 3.63) is 34.9 Å². The summed E-state index contributed by atoms with van der Waals surface area (Å²) in [5.74, 6) is 0. The van der Waals surface area contributed by atoms with Gasteiger partial charge in [-0.25, -0.2) is 0 Å². The second-order valence-corrected chi connectivity index (χ2v) is 4.07. The second-order valence-electron chi connectivity index (χ2n) is 3.64. The van der Waals surface area contributed by atoms with Crippen LogP contribution in [0.2, 0.25) is 5.02 Å². The van der Waals surface area contributed by atoms with Crippen molar-refractivity contribution < 1.29 is 4.79 Å². The molecule has 0 spiro atoms.